The number of anilines is 1. The Hall–Kier alpha value is -1.14. The maximum Gasteiger partial charge on any atom is 0.257 e. The van der Waals surface area contributed by atoms with Crippen molar-refractivity contribution in [3.8, 4) is 0 Å². The number of nitrogens with zero attached hydrogens (tertiary/aromatic N) is 3. The number of carbonyl (C=O) groups is 1. The summed E-state index contributed by atoms with van der Waals surface area (Å²) in [6.45, 7) is 4.40. The van der Waals surface area contributed by atoms with Crippen LogP contribution in [0, 0.1) is 0 Å². The molecule has 1 N–H and O–H groups in total. The van der Waals surface area contributed by atoms with Gasteiger partial charge in [0.2, 0.25) is 0 Å². The van der Waals surface area contributed by atoms with Gasteiger partial charge in [-0.1, -0.05) is 0 Å². The number of nitrogens with one attached hydrogen (secondary N) is 1. The zero-order valence-electron chi connectivity index (χ0n) is 11.5. The van der Waals surface area contributed by atoms with E-state index in [9.17, 15) is 4.79 Å². The maximum atomic E-state index is 12.6. The normalized spacial score (nSPS) is 19.4. The van der Waals surface area contributed by atoms with Crippen LogP contribution in [0.4, 0.5) is 5.82 Å². The fraction of sp³-hybridized carbons (Fsp3) is 0.538. The largest absolute Gasteiger partial charge is 0.362 e. The molecule has 1 saturated heterocycles. The fourth-order valence-electron chi connectivity index (χ4n) is 2.23. The monoisotopic (exact) mass is 326 g/mol. The molecule has 1 aromatic rings. The summed E-state index contributed by atoms with van der Waals surface area (Å²) in [5.41, 5.74) is 0.647. The van der Waals surface area contributed by atoms with Gasteiger partial charge >= 0.3 is 0 Å². The molecule has 0 saturated carbocycles. The van der Waals surface area contributed by atoms with E-state index in [2.05, 4.69) is 33.2 Å². The van der Waals surface area contributed by atoms with E-state index in [-0.39, 0.29) is 5.91 Å². The zero-order chi connectivity index (χ0) is 14.0. The highest BCUT2D eigenvalue weighted by atomic mass is 79.9. The Labute approximate surface area is 122 Å². The van der Waals surface area contributed by atoms with E-state index >= 15 is 0 Å². The molecule has 2 rings (SSSR count). The predicted molar refractivity (Wildman–Crippen MR) is 79.6 cm³/mol. The average molecular weight is 327 g/mol. The minimum Gasteiger partial charge on any atom is -0.362 e. The number of hydrogen-bond acceptors (Lipinski definition) is 4. The van der Waals surface area contributed by atoms with Crippen LogP contribution >= 0.6 is 15.9 Å². The molecular formula is C13H19BrN4O. The summed E-state index contributed by atoms with van der Waals surface area (Å²) in [6.07, 6.45) is 1.71. The van der Waals surface area contributed by atoms with Crippen LogP contribution in [0.1, 0.15) is 17.3 Å². The third kappa shape index (κ3) is 3.25. The number of carbonyl (C=O) groups excluding carboxylic acids is 1. The molecule has 1 atom stereocenters. The van der Waals surface area contributed by atoms with Crippen molar-refractivity contribution in [2.75, 3.05) is 38.6 Å². The van der Waals surface area contributed by atoms with Crippen LogP contribution in [0.5, 0.6) is 0 Å². The first-order chi connectivity index (χ1) is 8.99. The summed E-state index contributed by atoms with van der Waals surface area (Å²) in [6, 6.07) is 2.18. The first kappa shape index (κ1) is 14.3. The van der Waals surface area contributed by atoms with Crippen LogP contribution < -0.4 is 10.2 Å². The third-order valence-corrected chi connectivity index (χ3v) is 3.58. The molecule has 1 aromatic heterocycles. The molecule has 0 aromatic carbocycles. The molecule has 1 aliphatic rings. The molecule has 6 heteroatoms. The number of aromatic nitrogens is 1. The SMILES string of the molecule is C[C@H]1CN(C(=O)c2cc(Br)cnc2N(C)C)CCN1. The summed E-state index contributed by atoms with van der Waals surface area (Å²) in [7, 11) is 3.79. The van der Waals surface area contributed by atoms with Gasteiger partial charge in [-0.25, -0.2) is 4.98 Å². The van der Waals surface area contributed by atoms with Crippen LogP contribution in [0.3, 0.4) is 0 Å². The van der Waals surface area contributed by atoms with Crippen molar-refractivity contribution in [3.63, 3.8) is 0 Å². The summed E-state index contributed by atoms with van der Waals surface area (Å²) in [5, 5.41) is 3.34. The maximum absolute atomic E-state index is 12.6. The van der Waals surface area contributed by atoms with Gasteiger partial charge in [-0.3, -0.25) is 4.79 Å². The van der Waals surface area contributed by atoms with Crippen molar-refractivity contribution in [3.05, 3.63) is 22.3 Å². The van der Waals surface area contributed by atoms with Gasteiger partial charge in [-0.15, -0.1) is 0 Å². The number of amides is 1. The van der Waals surface area contributed by atoms with E-state index < -0.39 is 0 Å². The van der Waals surface area contributed by atoms with Crippen LogP contribution in [-0.2, 0) is 0 Å². The summed E-state index contributed by atoms with van der Waals surface area (Å²) in [5.74, 6) is 0.755. The van der Waals surface area contributed by atoms with E-state index in [0.717, 1.165) is 24.1 Å². The minimum absolute atomic E-state index is 0.0471. The van der Waals surface area contributed by atoms with Crippen molar-refractivity contribution < 1.29 is 4.79 Å². The lowest BCUT2D eigenvalue weighted by Gasteiger charge is -2.32. The molecular weight excluding hydrogens is 308 g/mol. The fourth-order valence-corrected chi connectivity index (χ4v) is 2.56. The number of rotatable bonds is 2. The number of halogens is 1. The highest BCUT2D eigenvalue weighted by Gasteiger charge is 2.24. The minimum atomic E-state index is 0.0471. The van der Waals surface area contributed by atoms with Crippen molar-refractivity contribution in [2.24, 2.45) is 0 Å². The molecule has 0 radical (unpaired) electrons. The van der Waals surface area contributed by atoms with Crippen molar-refractivity contribution >= 4 is 27.7 Å². The lowest BCUT2D eigenvalue weighted by Crippen LogP contribution is -2.51. The standard InChI is InChI=1S/C13H19BrN4O/c1-9-8-18(5-4-15-9)13(19)11-6-10(14)7-16-12(11)17(2)3/h6-7,9,15H,4-5,8H2,1-3H3/t9-/m0/s1. The first-order valence-electron chi connectivity index (χ1n) is 6.34. The van der Waals surface area contributed by atoms with Crippen LogP contribution in [-0.4, -0.2) is 55.6 Å². The van der Waals surface area contributed by atoms with Crippen LogP contribution in [0.25, 0.3) is 0 Å². The Balaban J connectivity index is 2.29. The molecule has 104 valence electrons. The first-order valence-corrected chi connectivity index (χ1v) is 7.14. The molecule has 2 heterocycles. The lowest BCUT2D eigenvalue weighted by molar-refractivity contribution is 0.0709. The molecule has 1 amide bonds. The third-order valence-electron chi connectivity index (χ3n) is 3.14. The van der Waals surface area contributed by atoms with E-state index in [4.69, 9.17) is 0 Å². The van der Waals surface area contributed by atoms with E-state index in [1.807, 2.05) is 30.0 Å². The summed E-state index contributed by atoms with van der Waals surface area (Å²) in [4.78, 5) is 20.7. The Morgan fingerprint density at radius 2 is 2.32 bits per heavy atom. The van der Waals surface area contributed by atoms with Gasteiger partial charge in [0.05, 0.1) is 5.56 Å². The Kier molecular flexibility index (Phi) is 4.42. The topological polar surface area (TPSA) is 48.5 Å². The molecule has 0 bridgehead atoms. The van der Waals surface area contributed by atoms with Crippen molar-refractivity contribution in [1.82, 2.24) is 15.2 Å². The second kappa shape index (κ2) is 5.88. The molecule has 5 nitrogen and oxygen atoms in total. The van der Waals surface area contributed by atoms with Crippen molar-refractivity contribution in [2.45, 2.75) is 13.0 Å². The smallest absolute Gasteiger partial charge is 0.257 e. The van der Waals surface area contributed by atoms with Crippen LogP contribution in [0.15, 0.2) is 16.7 Å². The Morgan fingerprint density at radius 3 is 2.95 bits per heavy atom. The molecule has 0 spiro atoms. The van der Waals surface area contributed by atoms with E-state index in [1.54, 1.807) is 6.20 Å². The van der Waals surface area contributed by atoms with Gasteiger partial charge in [0.1, 0.15) is 5.82 Å². The average Bonchev–Trinajstić information content (AvgIpc) is 2.37. The second-order valence-electron chi connectivity index (χ2n) is 5.03. The highest BCUT2D eigenvalue weighted by Crippen LogP contribution is 2.22. The number of piperazine rings is 1. The van der Waals surface area contributed by atoms with E-state index in [1.165, 1.54) is 0 Å². The van der Waals surface area contributed by atoms with Gasteiger partial charge in [0.25, 0.3) is 5.91 Å². The second-order valence-corrected chi connectivity index (χ2v) is 5.94. The molecule has 0 unspecified atom stereocenters. The molecule has 19 heavy (non-hydrogen) atoms. The molecule has 1 fully saturated rings. The quantitative estimate of drug-likeness (QED) is 0.891. The summed E-state index contributed by atoms with van der Waals surface area (Å²) < 4.78 is 0.824. The van der Waals surface area contributed by atoms with Crippen LogP contribution in [0.2, 0.25) is 0 Å². The van der Waals surface area contributed by atoms with Gasteiger partial charge < -0.3 is 15.1 Å². The predicted octanol–water partition coefficient (Wildman–Crippen LogP) is 1.34. The Bertz CT molecular complexity index is 478. The van der Waals surface area contributed by atoms with Gasteiger partial charge in [-0.2, -0.15) is 0 Å². The highest BCUT2D eigenvalue weighted by molar-refractivity contribution is 9.10. The van der Waals surface area contributed by atoms with E-state index in [0.29, 0.717) is 17.4 Å². The van der Waals surface area contributed by atoms with Gasteiger partial charge in [0, 0.05) is 50.4 Å². The van der Waals surface area contributed by atoms with Crippen molar-refractivity contribution in [1.29, 1.82) is 0 Å². The number of hydrogen-bond donors (Lipinski definition) is 1. The van der Waals surface area contributed by atoms with Gasteiger partial charge in [-0.05, 0) is 28.9 Å². The number of pyridine rings is 1. The van der Waals surface area contributed by atoms with Gasteiger partial charge in [0.15, 0.2) is 0 Å². The molecule has 0 aliphatic carbocycles. The Morgan fingerprint density at radius 1 is 1.58 bits per heavy atom. The molecule has 1 aliphatic heterocycles. The lowest BCUT2D eigenvalue weighted by atomic mass is 10.1. The zero-order valence-corrected chi connectivity index (χ0v) is 13.1. The summed E-state index contributed by atoms with van der Waals surface area (Å²) >= 11 is 3.39.